The Hall–Kier alpha value is -3.95. The van der Waals surface area contributed by atoms with Crippen LogP contribution in [0.5, 0.6) is 0 Å². The Kier molecular flexibility index (Phi) is 5.29. The van der Waals surface area contributed by atoms with E-state index in [2.05, 4.69) is 15.4 Å². The first-order chi connectivity index (χ1) is 15.1. The van der Waals surface area contributed by atoms with E-state index in [0.29, 0.717) is 16.6 Å². The van der Waals surface area contributed by atoms with Gasteiger partial charge in [0.1, 0.15) is 12.4 Å². The van der Waals surface area contributed by atoms with Gasteiger partial charge in [0.15, 0.2) is 0 Å². The first-order valence-corrected chi connectivity index (χ1v) is 9.63. The Morgan fingerprint density at radius 3 is 2.59 bits per heavy atom. The maximum Gasteiger partial charge on any atom is 0.418 e. The van der Waals surface area contributed by atoms with Crippen LogP contribution in [0, 0.1) is 13.8 Å². The van der Waals surface area contributed by atoms with E-state index in [9.17, 15) is 22.8 Å². The van der Waals surface area contributed by atoms with Crippen molar-refractivity contribution in [1.29, 1.82) is 0 Å². The van der Waals surface area contributed by atoms with E-state index >= 15 is 0 Å². The monoisotopic (exact) mass is 441 g/mol. The summed E-state index contributed by atoms with van der Waals surface area (Å²) < 4.78 is 42.5. The number of nitrogens with one attached hydrogen (secondary N) is 1. The highest BCUT2D eigenvalue weighted by molar-refractivity contribution is 5.90. The van der Waals surface area contributed by atoms with Crippen LogP contribution in [0.4, 0.5) is 19.0 Å². The Labute approximate surface area is 180 Å². The van der Waals surface area contributed by atoms with Crippen LogP contribution in [-0.4, -0.2) is 25.2 Å². The largest absolute Gasteiger partial charge is 0.418 e. The summed E-state index contributed by atoms with van der Waals surface area (Å²) in [5.74, 6) is -0.548. The number of anilines is 1. The number of halogens is 3. The molecule has 1 N–H and O–H groups in total. The zero-order chi connectivity index (χ0) is 23.0. The fourth-order valence-electron chi connectivity index (χ4n) is 3.46. The average molecular weight is 441 g/mol. The van der Waals surface area contributed by atoms with Gasteiger partial charge in [0, 0.05) is 6.07 Å². The minimum Gasteiger partial charge on any atom is -0.309 e. The number of carbonyl (C=O) groups excluding carboxylic acids is 1. The van der Waals surface area contributed by atoms with E-state index in [1.165, 1.54) is 30.6 Å². The molecule has 0 aliphatic heterocycles. The maximum atomic E-state index is 13.4. The van der Waals surface area contributed by atoms with Crippen LogP contribution in [0.2, 0.25) is 0 Å². The lowest BCUT2D eigenvalue weighted by Gasteiger charge is -2.15. The van der Waals surface area contributed by atoms with E-state index in [1.54, 1.807) is 19.1 Å². The molecule has 7 nitrogen and oxygen atoms in total. The van der Waals surface area contributed by atoms with Crippen molar-refractivity contribution >= 4 is 22.6 Å². The van der Waals surface area contributed by atoms with E-state index in [-0.39, 0.29) is 23.6 Å². The normalized spacial score (nSPS) is 11.7. The summed E-state index contributed by atoms with van der Waals surface area (Å²) in [6.45, 7) is 3.07. The smallest absolute Gasteiger partial charge is 0.309 e. The number of alkyl halides is 3. The molecule has 0 bridgehead atoms. The number of hydrogen-bond acceptors (Lipinski definition) is 4. The summed E-state index contributed by atoms with van der Waals surface area (Å²) in [5.41, 5.74) is 0.302. The quantitative estimate of drug-likeness (QED) is 0.522. The van der Waals surface area contributed by atoms with Crippen molar-refractivity contribution in [1.82, 2.24) is 19.3 Å². The van der Waals surface area contributed by atoms with Gasteiger partial charge in [0.25, 0.3) is 5.56 Å². The summed E-state index contributed by atoms with van der Waals surface area (Å²) in [6.07, 6.45) is -3.32. The summed E-state index contributed by atoms with van der Waals surface area (Å²) in [5, 5.41) is 7.03. The molecular formula is C22H18F3N5O2. The van der Waals surface area contributed by atoms with Crippen molar-refractivity contribution < 1.29 is 18.0 Å². The number of aryl methyl sites for hydroxylation is 2. The first kappa shape index (κ1) is 21.3. The Balaban J connectivity index is 1.65. The highest BCUT2D eigenvalue weighted by Crippen LogP contribution is 2.34. The van der Waals surface area contributed by atoms with Gasteiger partial charge < -0.3 is 5.32 Å². The molecule has 2 aromatic carbocycles. The van der Waals surface area contributed by atoms with Crippen molar-refractivity contribution in [2.24, 2.45) is 0 Å². The number of aromatic nitrogens is 4. The van der Waals surface area contributed by atoms with Gasteiger partial charge in [0.2, 0.25) is 5.91 Å². The molecule has 32 heavy (non-hydrogen) atoms. The Morgan fingerprint density at radius 1 is 1.09 bits per heavy atom. The van der Waals surface area contributed by atoms with Crippen LogP contribution in [-0.2, 0) is 17.5 Å². The molecule has 4 aromatic rings. The Morgan fingerprint density at radius 2 is 1.84 bits per heavy atom. The number of benzene rings is 2. The predicted molar refractivity (Wildman–Crippen MR) is 113 cm³/mol. The first-order valence-electron chi connectivity index (χ1n) is 9.63. The molecule has 2 heterocycles. The van der Waals surface area contributed by atoms with Crippen LogP contribution < -0.4 is 10.9 Å². The fourth-order valence-corrected chi connectivity index (χ4v) is 3.46. The topological polar surface area (TPSA) is 81.8 Å². The Bertz CT molecular complexity index is 1390. The standard InChI is InChI=1S/C22H18F3N5O2/c1-13-6-5-7-15-20(13)26-12-29(21(15)32)11-19(31)27-18-10-14(2)28-30(18)17-9-4-3-8-16(17)22(23,24)25/h3-10,12H,11H2,1-2H3,(H,27,31). The van der Waals surface area contributed by atoms with Crippen LogP contribution in [0.1, 0.15) is 16.8 Å². The predicted octanol–water partition coefficient (Wildman–Crippen LogP) is 3.86. The zero-order valence-electron chi connectivity index (χ0n) is 17.1. The summed E-state index contributed by atoms with van der Waals surface area (Å²) in [6, 6.07) is 11.6. The second-order valence-electron chi connectivity index (χ2n) is 7.29. The molecule has 1 amide bonds. The third-order valence-corrected chi connectivity index (χ3v) is 4.91. The SMILES string of the molecule is Cc1cc(NC(=O)Cn2cnc3c(C)cccc3c2=O)n(-c2ccccc2C(F)(F)F)n1. The molecule has 0 atom stereocenters. The number of carbonyl (C=O) groups is 1. The maximum absolute atomic E-state index is 13.4. The van der Waals surface area contributed by atoms with E-state index < -0.39 is 17.6 Å². The van der Waals surface area contributed by atoms with Gasteiger partial charge >= 0.3 is 6.18 Å². The van der Waals surface area contributed by atoms with Gasteiger partial charge in [-0.2, -0.15) is 18.3 Å². The van der Waals surface area contributed by atoms with Gasteiger partial charge in [-0.25, -0.2) is 9.67 Å². The lowest BCUT2D eigenvalue weighted by Crippen LogP contribution is -2.28. The van der Waals surface area contributed by atoms with Gasteiger partial charge in [0.05, 0.1) is 34.2 Å². The van der Waals surface area contributed by atoms with Crippen LogP contribution in [0.15, 0.2) is 59.7 Å². The van der Waals surface area contributed by atoms with Gasteiger partial charge in [-0.05, 0) is 37.6 Å². The summed E-state index contributed by atoms with van der Waals surface area (Å²) >= 11 is 0. The second-order valence-corrected chi connectivity index (χ2v) is 7.29. The van der Waals surface area contributed by atoms with E-state index in [0.717, 1.165) is 20.9 Å². The summed E-state index contributed by atoms with van der Waals surface area (Å²) in [4.78, 5) is 29.6. The number of para-hydroxylation sites is 2. The third kappa shape index (κ3) is 3.98. The van der Waals surface area contributed by atoms with Crippen molar-refractivity contribution in [3.63, 3.8) is 0 Å². The molecule has 0 fully saturated rings. The van der Waals surface area contributed by atoms with Crippen molar-refractivity contribution in [3.05, 3.63) is 82.0 Å². The van der Waals surface area contributed by atoms with Gasteiger partial charge in [-0.3, -0.25) is 14.2 Å². The molecule has 164 valence electrons. The van der Waals surface area contributed by atoms with Gasteiger partial charge in [-0.15, -0.1) is 0 Å². The second kappa shape index (κ2) is 7.95. The molecule has 0 unspecified atom stereocenters. The third-order valence-electron chi connectivity index (χ3n) is 4.91. The molecule has 10 heteroatoms. The van der Waals surface area contributed by atoms with Crippen LogP contribution >= 0.6 is 0 Å². The molecule has 0 saturated heterocycles. The van der Waals surface area contributed by atoms with Crippen LogP contribution in [0.3, 0.4) is 0 Å². The van der Waals surface area contributed by atoms with E-state index in [1.807, 2.05) is 13.0 Å². The highest BCUT2D eigenvalue weighted by Gasteiger charge is 2.34. The lowest BCUT2D eigenvalue weighted by atomic mass is 10.1. The minimum absolute atomic E-state index is 0.0573. The molecule has 4 rings (SSSR count). The number of fused-ring (bicyclic) bond motifs is 1. The number of nitrogens with zero attached hydrogens (tertiary/aromatic N) is 4. The minimum atomic E-state index is -4.60. The molecule has 0 radical (unpaired) electrons. The van der Waals surface area contributed by atoms with Crippen molar-refractivity contribution in [3.8, 4) is 5.69 Å². The van der Waals surface area contributed by atoms with Crippen LogP contribution in [0.25, 0.3) is 16.6 Å². The molecule has 0 aliphatic carbocycles. The molecular weight excluding hydrogens is 423 g/mol. The van der Waals surface area contributed by atoms with Crippen molar-refractivity contribution in [2.45, 2.75) is 26.6 Å². The molecule has 0 saturated carbocycles. The number of amides is 1. The van der Waals surface area contributed by atoms with Gasteiger partial charge in [-0.1, -0.05) is 24.3 Å². The highest BCUT2D eigenvalue weighted by atomic mass is 19.4. The average Bonchev–Trinajstić information content (AvgIpc) is 3.09. The summed E-state index contributed by atoms with van der Waals surface area (Å²) in [7, 11) is 0. The molecule has 0 spiro atoms. The fraction of sp³-hybridized carbons (Fsp3) is 0.182. The number of hydrogen-bond donors (Lipinski definition) is 1. The lowest BCUT2D eigenvalue weighted by molar-refractivity contribution is -0.137. The van der Waals surface area contributed by atoms with E-state index in [4.69, 9.17) is 0 Å². The molecule has 2 aromatic heterocycles. The molecule has 0 aliphatic rings. The zero-order valence-corrected chi connectivity index (χ0v) is 17.1. The number of rotatable bonds is 4. The van der Waals surface area contributed by atoms with Crippen molar-refractivity contribution in [2.75, 3.05) is 5.32 Å².